The number of fused-ring (bicyclic) bond motifs is 1. The lowest BCUT2D eigenvalue weighted by Crippen LogP contribution is -2.26. The number of H-pyrrole nitrogens is 1. The number of aryl methyl sites for hydroxylation is 1. The highest BCUT2D eigenvalue weighted by Crippen LogP contribution is 2.38. The average molecular weight is 554 g/mol. The summed E-state index contributed by atoms with van der Waals surface area (Å²) in [6, 6.07) is 7.94. The predicted molar refractivity (Wildman–Crippen MR) is 127 cm³/mol. The summed E-state index contributed by atoms with van der Waals surface area (Å²) in [7, 11) is 0. The molecule has 2 heterocycles. The quantitative estimate of drug-likeness (QED) is 0.205. The highest BCUT2D eigenvalue weighted by Gasteiger charge is 2.37. The topological polar surface area (TPSA) is 126 Å². The van der Waals surface area contributed by atoms with E-state index in [4.69, 9.17) is 4.52 Å². The van der Waals surface area contributed by atoms with Gasteiger partial charge in [0, 0.05) is 36.9 Å². The Kier molecular flexibility index (Phi) is 7.88. The Balaban J connectivity index is 1.27. The number of aromatic nitrogens is 4. The third-order valence-corrected chi connectivity index (χ3v) is 5.54. The zero-order chi connectivity index (χ0) is 28.2. The zero-order valence-corrected chi connectivity index (χ0v) is 19.9. The van der Waals surface area contributed by atoms with E-state index in [9.17, 15) is 35.9 Å². The molecular formula is C24H20F6N6O3. The van der Waals surface area contributed by atoms with Gasteiger partial charge >= 0.3 is 12.4 Å². The summed E-state index contributed by atoms with van der Waals surface area (Å²) in [4.78, 5) is 27.8. The van der Waals surface area contributed by atoms with Crippen LogP contribution in [0.3, 0.4) is 0 Å². The summed E-state index contributed by atoms with van der Waals surface area (Å²) >= 11 is 0. The summed E-state index contributed by atoms with van der Waals surface area (Å²) in [5.74, 6) is -0.465. The molecule has 0 aliphatic rings. The van der Waals surface area contributed by atoms with Gasteiger partial charge in [0.25, 0.3) is 5.56 Å². The van der Waals surface area contributed by atoms with Crippen LogP contribution in [0.1, 0.15) is 29.9 Å². The molecule has 1 amide bonds. The van der Waals surface area contributed by atoms with Gasteiger partial charge in [-0.3, -0.25) is 9.59 Å². The first-order valence-electron chi connectivity index (χ1n) is 11.5. The van der Waals surface area contributed by atoms with Crippen LogP contribution in [0.2, 0.25) is 0 Å². The zero-order valence-electron chi connectivity index (χ0n) is 19.9. The minimum atomic E-state index is -5.01. The van der Waals surface area contributed by atoms with Gasteiger partial charge in [-0.15, -0.1) is 0 Å². The van der Waals surface area contributed by atoms with Crippen molar-refractivity contribution in [3.8, 4) is 11.4 Å². The largest absolute Gasteiger partial charge is 0.416 e. The molecule has 206 valence electrons. The molecule has 4 rings (SSSR count). The second kappa shape index (κ2) is 11.1. The Morgan fingerprint density at radius 3 is 2.28 bits per heavy atom. The monoisotopic (exact) mass is 554 g/mol. The molecule has 15 heteroatoms. The molecule has 3 N–H and O–H groups in total. The van der Waals surface area contributed by atoms with E-state index in [-0.39, 0.29) is 36.3 Å². The number of nitrogens with zero attached hydrogens (tertiary/aromatic N) is 3. The molecule has 2 aromatic carbocycles. The van der Waals surface area contributed by atoms with E-state index in [1.54, 1.807) is 24.3 Å². The van der Waals surface area contributed by atoms with Crippen molar-refractivity contribution in [3.63, 3.8) is 0 Å². The number of rotatable bonds is 9. The standard InChI is InChI=1S/C24H20F6N6O3/c25-23(26,27)14-10-13(11-15(12-14)24(28,29)30)20-33-19(39-36-20)7-6-18(37)31-8-3-9-32-21-16-4-1-2-5-17(16)22(38)35-34-21/h1-2,4-5,10-12H,3,6-9H2,(H,31,37)(H,32,34)(H,35,38). The number of hydrogen-bond acceptors (Lipinski definition) is 7. The molecule has 4 aromatic rings. The summed E-state index contributed by atoms with van der Waals surface area (Å²) in [5, 5.41) is 16.8. The van der Waals surface area contributed by atoms with Gasteiger partial charge in [-0.05, 0) is 30.7 Å². The maximum Gasteiger partial charge on any atom is 0.416 e. The van der Waals surface area contributed by atoms with Crippen LogP contribution in [0, 0.1) is 0 Å². The van der Waals surface area contributed by atoms with Gasteiger partial charge in [0.15, 0.2) is 5.82 Å². The van der Waals surface area contributed by atoms with Gasteiger partial charge in [-0.2, -0.15) is 36.4 Å². The van der Waals surface area contributed by atoms with Crippen molar-refractivity contribution in [2.45, 2.75) is 31.6 Å². The average Bonchev–Trinajstić information content (AvgIpc) is 3.37. The predicted octanol–water partition coefficient (Wildman–Crippen LogP) is 4.56. The smallest absolute Gasteiger partial charge is 0.368 e. The van der Waals surface area contributed by atoms with Crippen LogP contribution in [-0.4, -0.2) is 39.3 Å². The van der Waals surface area contributed by atoms with E-state index in [1.807, 2.05) is 0 Å². The van der Waals surface area contributed by atoms with Crippen LogP contribution in [0.5, 0.6) is 0 Å². The molecule has 0 aliphatic carbocycles. The van der Waals surface area contributed by atoms with E-state index >= 15 is 0 Å². The van der Waals surface area contributed by atoms with E-state index in [0.29, 0.717) is 48.2 Å². The van der Waals surface area contributed by atoms with Gasteiger partial charge in [-0.25, -0.2) is 5.10 Å². The lowest BCUT2D eigenvalue weighted by Gasteiger charge is -2.12. The fraction of sp³-hybridized carbons (Fsp3) is 0.292. The van der Waals surface area contributed by atoms with Crippen LogP contribution < -0.4 is 16.2 Å². The number of carbonyl (C=O) groups excluding carboxylic acids is 1. The number of amides is 1. The normalized spacial score (nSPS) is 12.1. The number of carbonyl (C=O) groups is 1. The molecule has 2 aromatic heterocycles. The number of alkyl halides is 6. The minimum absolute atomic E-state index is 0.00366. The second-order valence-corrected chi connectivity index (χ2v) is 8.38. The molecule has 0 fully saturated rings. The molecular weight excluding hydrogens is 534 g/mol. The van der Waals surface area contributed by atoms with Crippen molar-refractivity contribution in [3.05, 3.63) is 69.8 Å². The SMILES string of the molecule is O=C(CCc1nc(-c2cc(C(F)(F)F)cc(C(F)(F)F)c2)no1)NCCCNc1n[nH]c(=O)c2ccccc12. The summed E-state index contributed by atoms with van der Waals surface area (Å²) in [6.45, 7) is 0.736. The van der Waals surface area contributed by atoms with Crippen molar-refractivity contribution in [2.75, 3.05) is 18.4 Å². The van der Waals surface area contributed by atoms with Gasteiger partial charge in [0.1, 0.15) is 0 Å². The molecule has 0 unspecified atom stereocenters. The Labute approximate surface area is 215 Å². The van der Waals surface area contributed by atoms with Crippen molar-refractivity contribution in [2.24, 2.45) is 0 Å². The van der Waals surface area contributed by atoms with Crippen molar-refractivity contribution in [1.82, 2.24) is 25.7 Å². The number of anilines is 1. The first-order chi connectivity index (χ1) is 18.4. The lowest BCUT2D eigenvalue weighted by molar-refractivity contribution is -0.143. The van der Waals surface area contributed by atoms with Crippen LogP contribution in [0.4, 0.5) is 32.2 Å². The Hall–Kier alpha value is -4.43. The maximum atomic E-state index is 13.1. The first kappa shape index (κ1) is 27.6. The maximum absolute atomic E-state index is 13.1. The van der Waals surface area contributed by atoms with Crippen LogP contribution >= 0.6 is 0 Å². The molecule has 0 saturated heterocycles. The second-order valence-electron chi connectivity index (χ2n) is 8.38. The highest BCUT2D eigenvalue weighted by molar-refractivity contribution is 5.90. The number of nitrogens with one attached hydrogen (secondary N) is 3. The van der Waals surface area contributed by atoms with Crippen molar-refractivity contribution in [1.29, 1.82) is 0 Å². The van der Waals surface area contributed by atoms with E-state index < -0.39 is 34.9 Å². The van der Waals surface area contributed by atoms with Gasteiger partial charge in [-0.1, -0.05) is 23.4 Å². The van der Waals surface area contributed by atoms with Crippen molar-refractivity contribution < 1.29 is 35.7 Å². The summed E-state index contributed by atoms with van der Waals surface area (Å²) in [5.41, 5.74) is -3.83. The fourth-order valence-corrected chi connectivity index (χ4v) is 3.64. The molecule has 0 aliphatic heterocycles. The van der Waals surface area contributed by atoms with E-state index in [1.165, 1.54) is 0 Å². The number of benzene rings is 2. The highest BCUT2D eigenvalue weighted by atomic mass is 19.4. The lowest BCUT2D eigenvalue weighted by atomic mass is 10.0. The molecule has 0 saturated carbocycles. The number of aromatic amines is 1. The first-order valence-corrected chi connectivity index (χ1v) is 11.5. The van der Waals surface area contributed by atoms with Crippen LogP contribution in [0.25, 0.3) is 22.2 Å². The van der Waals surface area contributed by atoms with E-state index in [0.717, 1.165) is 0 Å². The summed E-state index contributed by atoms with van der Waals surface area (Å²) < 4.78 is 83.4. The number of halogens is 6. The fourth-order valence-electron chi connectivity index (χ4n) is 3.64. The van der Waals surface area contributed by atoms with Gasteiger partial charge < -0.3 is 15.2 Å². The third kappa shape index (κ3) is 6.91. The van der Waals surface area contributed by atoms with Crippen LogP contribution in [0.15, 0.2) is 51.8 Å². The van der Waals surface area contributed by atoms with Gasteiger partial charge in [0.2, 0.25) is 17.6 Å². The minimum Gasteiger partial charge on any atom is -0.368 e. The Morgan fingerprint density at radius 1 is 0.949 bits per heavy atom. The molecule has 0 atom stereocenters. The van der Waals surface area contributed by atoms with Crippen LogP contribution in [-0.2, 0) is 23.6 Å². The van der Waals surface area contributed by atoms with E-state index in [2.05, 4.69) is 31.0 Å². The third-order valence-electron chi connectivity index (χ3n) is 5.54. The molecule has 9 nitrogen and oxygen atoms in total. The Morgan fingerprint density at radius 2 is 1.62 bits per heavy atom. The van der Waals surface area contributed by atoms with Crippen molar-refractivity contribution >= 4 is 22.5 Å². The van der Waals surface area contributed by atoms with Gasteiger partial charge in [0.05, 0.1) is 16.5 Å². The molecule has 0 spiro atoms. The Bertz CT molecular complexity index is 1500. The molecule has 39 heavy (non-hydrogen) atoms. The summed E-state index contributed by atoms with van der Waals surface area (Å²) in [6.07, 6.45) is -9.68. The number of hydrogen-bond donors (Lipinski definition) is 3. The molecule has 0 radical (unpaired) electrons. The molecule has 0 bridgehead atoms.